The van der Waals surface area contributed by atoms with Gasteiger partial charge in [-0.15, -0.1) is 0 Å². The molecule has 1 saturated heterocycles. The monoisotopic (exact) mass is 200 g/mol. The van der Waals surface area contributed by atoms with Gasteiger partial charge in [0, 0.05) is 12.8 Å². The predicted octanol–water partition coefficient (Wildman–Crippen LogP) is -0.207. The Morgan fingerprint density at radius 3 is 2.23 bits per heavy atom. The molecule has 0 aliphatic carbocycles. The molecule has 0 saturated carbocycles. The predicted molar refractivity (Wildman–Crippen MR) is 44.4 cm³/mol. The molecule has 0 aromatic rings. The van der Waals surface area contributed by atoms with Crippen LogP contribution in [-0.4, -0.2) is 31.5 Å². The summed E-state index contributed by atoms with van der Waals surface area (Å²) in [5.74, 6) is -0.155. The van der Waals surface area contributed by atoms with E-state index in [-0.39, 0.29) is 24.3 Å². The molecule has 0 aromatic heterocycles. The van der Waals surface area contributed by atoms with E-state index >= 15 is 0 Å². The molecule has 13 heavy (non-hydrogen) atoms. The van der Waals surface area contributed by atoms with Gasteiger partial charge < -0.3 is 0 Å². The Hall–Kier alpha value is -1.18. The minimum Gasteiger partial charge on any atom is -0.229 e. The first kappa shape index (κ1) is 9.90. The summed E-state index contributed by atoms with van der Waals surface area (Å²) in [6.45, 7) is 0. The zero-order valence-corrected chi connectivity index (χ0v) is 7.67. The summed E-state index contributed by atoms with van der Waals surface area (Å²) in [6, 6.07) is 1.86. The first-order chi connectivity index (χ1) is 6.04. The van der Waals surface area contributed by atoms with Crippen molar-refractivity contribution >= 4 is 15.9 Å². The van der Waals surface area contributed by atoms with Crippen LogP contribution in [0.25, 0.3) is 0 Å². The number of carbonyl (C=O) groups excluding carboxylic acids is 1. The molecular formula is C7H8N2O3S. The van der Waals surface area contributed by atoms with E-state index in [1.54, 1.807) is 0 Å². The zero-order valence-electron chi connectivity index (χ0n) is 6.86. The van der Waals surface area contributed by atoms with Gasteiger partial charge in [-0.25, -0.2) is 13.2 Å². The fourth-order valence-corrected chi connectivity index (χ4v) is 2.71. The summed E-state index contributed by atoms with van der Waals surface area (Å²) in [7, 11) is -3.02. The first-order valence-electron chi connectivity index (χ1n) is 3.74. The van der Waals surface area contributed by atoms with Gasteiger partial charge in [0.1, 0.15) is 0 Å². The molecule has 70 valence electrons. The molecule has 1 heterocycles. The van der Waals surface area contributed by atoms with Crippen LogP contribution in [-0.2, 0) is 14.6 Å². The van der Waals surface area contributed by atoms with E-state index in [0.717, 1.165) is 0 Å². The van der Waals surface area contributed by atoms with Gasteiger partial charge in [-0.05, 0) is 0 Å². The largest absolute Gasteiger partial charge is 0.236 e. The molecule has 6 heteroatoms. The average molecular weight is 200 g/mol. The van der Waals surface area contributed by atoms with Crippen molar-refractivity contribution in [2.24, 2.45) is 4.99 Å². The molecule has 1 aliphatic heterocycles. The van der Waals surface area contributed by atoms with Crippen molar-refractivity contribution in [2.75, 3.05) is 11.5 Å². The normalized spacial score (nSPS) is 23.9. The Kier molecular flexibility index (Phi) is 2.50. The van der Waals surface area contributed by atoms with Crippen LogP contribution in [0, 0.1) is 11.3 Å². The summed E-state index contributed by atoms with van der Waals surface area (Å²) in [4.78, 5) is 13.4. The SMILES string of the molecule is N#CC1(N=C=O)CCS(=O)(=O)CC1. The van der Waals surface area contributed by atoms with E-state index in [0.29, 0.717) is 0 Å². The summed E-state index contributed by atoms with van der Waals surface area (Å²) in [5, 5.41) is 8.73. The van der Waals surface area contributed by atoms with Crippen molar-refractivity contribution in [3.05, 3.63) is 0 Å². The fourth-order valence-electron chi connectivity index (χ4n) is 1.21. The van der Waals surface area contributed by atoms with Crippen molar-refractivity contribution in [1.82, 2.24) is 0 Å². The number of hydrogen-bond acceptors (Lipinski definition) is 5. The maximum atomic E-state index is 11.0. The van der Waals surface area contributed by atoms with Gasteiger partial charge in [-0.1, -0.05) is 0 Å². The van der Waals surface area contributed by atoms with Gasteiger partial charge in [0.05, 0.1) is 17.6 Å². The molecule has 1 fully saturated rings. The van der Waals surface area contributed by atoms with Gasteiger partial charge in [-0.3, -0.25) is 0 Å². The smallest absolute Gasteiger partial charge is 0.229 e. The second-order valence-electron chi connectivity index (χ2n) is 3.00. The lowest BCUT2D eigenvalue weighted by Gasteiger charge is -2.24. The number of nitrogens with zero attached hydrogens (tertiary/aromatic N) is 2. The van der Waals surface area contributed by atoms with Crippen LogP contribution in [0.1, 0.15) is 12.8 Å². The summed E-state index contributed by atoms with van der Waals surface area (Å²) in [5.41, 5.74) is -1.15. The molecule has 5 nitrogen and oxygen atoms in total. The highest BCUT2D eigenvalue weighted by molar-refractivity contribution is 7.91. The van der Waals surface area contributed by atoms with E-state index in [1.165, 1.54) is 6.08 Å². The van der Waals surface area contributed by atoms with Gasteiger partial charge >= 0.3 is 0 Å². The zero-order chi connectivity index (χ0) is 9.95. The number of isocyanates is 1. The second kappa shape index (κ2) is 3.29. The number of rotatable bonds is 1. The molecule has 0 amide bonds. The standard InChI is InChI=1S/C7H8N2O3S/c8-5-7(9-6-10)1-3-13(11,12)4-2-7/h1-4H2. The van der Waals surface area contributed by atoms with Gasteiger partial charge in [0.25, 0.3) is 0 Å². The number of hydrogen-bond donors (Lipinski definition) is 0. The lowest BCUT2D eigenvalue weighted by atomic mass is 9.95. The third-order valence-corrected chi connectivity index (χ3v) is 3.77. The van der Waals surface area contributed by atoms with Crippen LogP contribution >= 0.6 is 0 Å². The number of aliphatic imine (C=N–C) groups is 1. The lowest BCUT2D eigenvalue weighted by molar-refractivity contribution is 0.469. The number of sulfone groups is 1. The van der Waals surface area contributed by atoms with Crippen LogP contribution in [0.2, 0.25) is 0 Å². The van der Waals surface area contributed by atoms with Crippen LogP contribution in [0.15, 0.2) is 4.99 Å². The Morgan fingerprint density at radius 2 is 1.85 bits per heavy atom. The number of nitriles is 1. The van der Waals surface area contributed by atoms with Crippen molar-refractivity contribution < 1.29 is 13.2 Å². The third-order valence-electron chi connectivity index (χ3n) is 2.12. The summed E-state index contributed by atoms with van der Waals surface area (Å²) < 4.78 is 22.0. The highest BCUT2D eigenvalue weighted by atomic mass is 32.2. The lowest BCUT2D eigenvalue weighted by Crippen LogP contribution is -2.36. The fraction of sp³-hybridized carbons (Fsp3) is 0.714. The van der Waals surface area contributed by atoms with Crippen molar-refractivity contribution in [2.45, 2.75) is 18.4 Å². The summed E-state index contributed by atoms with van der Waals surface area (Å²) >= 11 is 0. The van der Waals surface area contributed by atoms with Crippen LogP contribution in [0.5, 0.6) is 0 Å². The minimum absolute atomic E-state index is 0.0776. The van der Waals surface area contributed by atoms with E-state index in [2.05, 4.69) is 4.99 Å². The summed E-state index contributed by atoms with van der Waals surface area (Å²) in [6.07, 6.45) is 1.51. The molecule has 0 unspecified atom stereocenters. The topological polar surface area (TPSA) is 87.4 Å². The molecular weight excluding hydrogens is 192 g/mol. The Morgan fingerprint density at radius 1 is 1.31 bits per heavy atom. The van der Waals surface area contributed by atoms with Crippen molar-refractivity contribution in [1.29, 1.82) is 5.26 Å². The van der Waals surface area contributed by atoms with Crippen LogP contribution < -0.4 is 0 Å². The highest BCUT2D eigenvalue weighted by Crippen LogP contribution is 2.26. The Bertz CT molecular complexity index is 372. The molecule has 0 bridgehead atoms. The maximum Gasteiger partial charge on any atom is 0.236 e. The maximum absolute atomic E-state index is 11.0. The quantitative estimate of drug-likeness (QED) is 0.433. The first-order valence-corrected chi connectivity index (χ1v) is 5.56. The van der Waals surface area contributed by atoms with E-state index in [4.69, 9.17) is 5.26 Å². The Labute approximate surface area is 76.0 Å². The molecule has 0 radical (unpaired) electrons. The third kappa shape index (κ3) is 2.14. The molecule has 1 aliphatic rings. The minimum atomic E-state index is -3.02. The molecule has 0 atom stereocenters. The van der Waals surface area contributed by atoms with Gasteiger partial charge in [0.2, 0.25) is 6.08 Å². The molecule has 1 rings (SSSR count). The van der Waals surface area contributed by atoms with Crippen LogP contribution in [0.3, 0.4) is 0 Å². The van der Waals surface area contributed by atoms with E-state index in [9.17, 15) is 13.2 Å². The second-order valence-corrected chi connectivity index (χ2v) is 5.30. The van der Waals surface area contributed by atoms with E-state index < -0.39 is 15.4 Å². The van der Waals surface area contributed by atoms with Gasteiger partial charge in [-0.2, -0.15) is 10.3 Å². The van der Waals surface area contributed by atoms with Gasteiger partial charge in [0.15, 0.2) is 15.4 Å². The van der Waals surface area contributed by atoms with Crippen molar-refractivity contribution in [3.8, 4) is 6.07 Å². The van der Waals surface area contributed by atoms with Crippen molar-refractivity contribution in [3.63, 3.8) is 0 Å². The molecule has 0 N–H and O–H groups in total. The molecule has 0 aromatic carbocycles. The van der Waals surface area contributed by atoms with E-state index in [1.807, 2.05) is 6.07 Å². The Balaban J connectivity index is 2.88. The molecule has 0 spiro atoms. The van der Waals surface area contributed by atoms with Crippen LogP contribution in [0.4, 0.5) is 0 Å². The average Bonchev–Trinajstić information content (AvgIpc) is 2.10. The highest BCUT2D eigenvalue weighted by Gasteiger charge is 2.37.